The van der Waals surface area contributed by atoms with Crippen molar-refractivity contribution in [2.45, 2.75) is 0 Å². The molecule has 3 rings (SSSR count). The molecule has 0 spiro atoms. The standard InChI is InChI=1S/C11H9N5/c12-10-7-13-6-8(15-10)9-2-1-3-11-14-4-5-16(9)11/h1-7H,(H2,12,15). The van der Waals surface area contributed by atoms with Crippen molar-refractivity contribution in [3.8, 4) is 11.4 Å². The maximum Gasteiger partial charge on any atom is 0.142 e. The first-order valence-corrected chi connectivity index (χ1v) is 4.84. The number of rotatable bonds is 1. The van der Waals surface area contributed by atoms with Crippen molar-refractivity contribution < 1.29 is 0 Å². The summed E-state index contributed by atoms with van der Waals surface area (Å²) < 4.78 is 1.95. The molecular weight excluding hydrogens is 202 g/mol. The normalized spacial score (nSPS) is 10.8. The molecule has 0 aliphatic rings. The molecule has 0 unspecified atom stereocenters. The van der Waals surface area contributed by atoms with E-state index < -0.39 is 0 Å². The summed E-state index contributed by atoms with van der Waals surface area (Å²) in [7, 11) is 0. The van der Waals surface area contributed by atoms with Crippen LogP contribution in [0.3, 0.4) is 0 Å². The van der Waals surface area contributed by atoms with Crippen molar-refractivity contribution >= 4 is 11.5 Å². The molecule has 0 fully saturated rings. The molecule has 5 heteroatoms. The lowest BCUT2D eigenvalue weighted by Gasteiger charge is -2.04. The van der Waals surface area contributed by atoms with Gasteiger partial charge < -0.3 is 5.73 Å². The van der Waals surface area contributed by atoms with Crippen molar-refractivity contribution in [1.82, 2.24) is 19.4 Å². The topological polar surface area (TPSA) is 69.1 Å². The van der Waals surface area contributed by atoms with Gasteiger partial charge >= 0.3 is 0 Å². The molecule has 2 N–H and O–H groups in total. The van der Waals surface area contributed by atoms with Gasteiger partial charge in [-0.15, -0.1) is 0 Å². The van der Waals surface area contributed by atoms with Gasteiger partial charge in [0.1, 0.15) is 17.2 Å². The number of anilines is 1. The summed E-state index contributed by atoms with van der Waals surface area (Å²) in [6.45, 7) is 0. The molecule has 78 valence electrons. The molecule has 0 amide bonds. The van der Waals surface area contributed by atoms with Crippen molar-refractivity contribution in [2.24, 2.45) is 0 Å². The van der Waals surface area contributed by atoms with Gasteiger partial charge in [0.05, 0.1) is 18.1 Å². The van der Waals surface area contributed by atoms with Crippen LogP contribution in [0.25, 0.3) is 17.0 Å². The highest BCUT2D eigenvalue weighted by Crippen LogP contribution is 2.17. The molecule has 5 nitrogen and oxygen atoms in total. The van der Waals surface area contributed by atoms with E-state index in [1.807, 2.05) is 28.8 Å². The summed E-state index contributed by atoms with van der Waals surface area (Å²) in [6, 6.07) is 5.82. The van der Waals surface area contributed by atoms with Crippen LogP contribution in [0.1, 0.15) is 0 Å². The molecule has 3 aromatic heterocycles. The first kappa shape index (κ1) is 8.84. The highest BCUT2D eigenvalue weighted by molar-refractivity contribution is 5.60. The number of nitrogens with zero attached hydrogens (tertiary/aromatic N) is 4. The summed E-state index contributed by atoms with van der Waals surface area (Å²) in [5, 5.41) is 0. The fraction of sp³-hybridized carbons (Fsp3) is 0. The smallest absolute Gasteiger partial charge is 0.142 e. The fourth-order valence-corrected chi connectivity index (χ4v) is 1.66. The molecule has 0 aliphatic carbocycles. The average molecular weight is 211 g/mol. The van der Waals surface area contributed by atoms with Crippen LogP contribution in [-0.2, 0) is 0 Å². The zero-order chi connectivity index (χ0) is 11.0. The summed E-state index contributed by atoms with van der Waals surface area (Å²) in [6.07, 6.45) is 6.84. The largest absolute Gasteiger partial charge is 0.382 e. The summed E-state index contributed by atoms with van der Waals surface area (Å²) in [5.74, 6) is 0.412. The van der Waals surface area contributed by atoms with Gasteiger partial charge in [-0.1, -0.05) is 6.07 Å². The minimum absolute atomic E-state index is 0.412. The van der Waals surface area contributed by atoms with E-state index in [-0.39, 0.29) is 0 Å². The SMILES string of the molecule is Nc1cncc(-c2cccc3nccn23)n1. The molecule has 0 atom stereocenters. The number of imidazole rings is 1. The van der Waals surface area contributed by atoms with Crippen LogP contribution in [0.5, 0.6) is 0 Å². The lowest BCUT2D eigenvalue weighted by Crippen LogP contribution is -1.97. The van der Waals surface area contributed by atoms with Gasteiger partial charge in [-0.3, -0.25) is 9.38 Å². The Bertz CT molecular complexity index is 643. The second-order valence-electron chi connectivity index (χ2n) is 3.40. The molecular formula is C11H9N5. The van der Waals surface area contributed by atoms with Gasteiger partial charge in [0.2, 0.25) is 0 Å². The zero-order valence-electron chi connectivity index (χ0n) is 8.41. The van der Waals surface area contributed by atoms with Gasteiger partial charge in [0.25, 0.3) is 0 Å². The van der Waals surface area contributed by atoms with E-state index in [9.17, 15) is 0 Å². The number of fused-ring (bicyclic) bond motifs is 1. The van der Waals surface area contributed by atoms with Gasteiger partial charge in [-0.05, 0) is 12.1 Å². The van der Waals surface area contributed by atoms with Crippen LogP contribution in [0.2, 0.25) is 0 Å². The van der Waals surface area contributed by atoms with E-state index >= 15 is 0 Å². The minimum Gasteiger partial charge on any atom is -0.382 e. The lowest BCUT2D eigenvalue weighted by molar-refractivity contribution is 1.13. The quantitative estimate of drug-likeness (QED) is 0.660. The molecule has 3 heterocycles. The summed E-state index contributed by atoms with van der Waals surface area (Å²) >= 11 is 0. The average Bonchev–Trinajstić information content (AvgIpc) is 2.76. The second kappa shape index (κ2) is 3.30. The molecule has 16 heavy (non-hydrogen) atoms. The third-order valence-electron chi connectivity index (χ3n) is 2.34. The maximum absolute atomic E-state index is 5.62. The second-order valence-corrected chi connectivity index (χ2v) is 3.40. The van der Waals surface area contributed by atoms with E-state index in [1.54, 1.807) is 12.4 Å². The highest BCUT2D eigenvalue weighted by atomic mass is 15.0. The van der Waals surface area contributed by atoms with Crippen LogP contribution in [-0.4, -0.2) is 19.4 Å². The molecule has 0 aliphatic heterocycles. The Hall–Kier alpha value is -2.43. The van der Waals surface area contributed by atoms with Crippen LogP contribution >= 0.6 is 0 Å². The number of hydrogen-bond acceptors (Lipinski definition) is 4. The van der Waals surface area contributed by atoms with E-state index in [2.05, 4.69) is 15.0 Å². The Labute approximate surface area is 91.6 Å². The van der Waals surface area contributed by atoms with E-state index in [1.165, 1.54) is 6.20 Å². The van der Waals surface area contributed by atoms with Crippen LogP contribution in [0, 0.1) is 0 Å². The number of nitrogens with two attached hydrogens (primary N) is 1. The van der Waals surface area contributed by atoms with Gasteiger partial charge in [0.15, 0.2) is 0 Å². The van der Waals surface area contributed by atoms with Crippen molar-refractivity contribution in [2.75, 3.05) is 5.73 Å². The highest BCUT2D eigenvalue weighted by Gasteiger charge is 2.05. The fourth-order valence-electron chi connectivity index (χ4n) is 1.66. The Morgan fingerprint density at radius 3 is 3.00 bits per heavy atom. The van der Waals surface area contributed by atoms with Crippen LogP contribution in [0.4, 0.5) is 5.82 Å². The lowest BCUT2D eigenvalue weighted by atomic mass is 10.3. The molecule has 0 aromatic carbocycles. The monoisotopic (exact) mass is 211 g/mol. The van der Waals surface area contributed by atoms with Crippen LogP contribution < -0.4 is 5.73 Å². The molecule has 0 saturated heterocycles. The van der Waals surface area contributed by atoms with Gasteiger partial charge in [0, 0.05) is 12.4 Å². The predicted molar refractivity (Wildman–Crippen MR) is 60.6 cm³/mol. The first-order valence-electron chi connectivity index (χ1n) is 4.84. The minimum atomic E-state index is 0.412. The predicted octanol–water partition coefficient (Wildman–Crippen LogP) is 1.37. The molecule has 0 radical (unpaired) electrons. The number of aromatic nitrogens is 4. The molecule has 0 saturated carbocycles. The Balaban J connectivity index is 2.29. The Kier molecular flexibility index (Phi) is 1.83. The third kappa shape index (κ3) is 1.30. The summed E-state index contributed by atoms with van der Waals surface area (Å²) in [5.41, 5.74) is 8.16. The van der Waals surface area contributed by atoms with E-state index in [0.29, 0.717) is 5.82 Å². The van der Waals surface area contributed by atoms with Gasteiger partial charge in [-0.25, -0.2) is 9.97 Å². The van der Waals surface area contributed by atoms with Gasteiger partial charge in [-0.2, -0.15) is 0 Å². The Morgan fingerprint density at radius 2 is 2.12 bits per heavy atom. The maximum atomic E-state index is 5.62. The van der Waals surface area contributed by atoms with Crippen molar-refractivity contribution in [3.63, 3.8) is 0 Å². The number of hydrogen-bond donors (Lipinski definition) is 1. The number of pyridine rings is 1. The third-order valence-corrected chi connectivity index (χ3v) is 2.34. The van der Waals surface area contributed by atoms with E-state index in [0.717, 1.165) is 17.0 Å². The first-order chi connectivity index (χ1) is 7.84. The number of nitrogen functional groups attached to an aromatic ring is 1. The zero-order valence-corrected chi connectivity index (χ0v) is 8.41. The van der Waals surface area contributed by atoms with E-state index in [4.69, 9.17) is 5.73 Å². The van der Waals surface area contributed by atoms with Crippen molar-refractivity contribution in [1.29, 1.82) is 0 Å². The molecule has 0 bridgehead atoms. The Morgan fingerprint density at radius 1 is 1.19 bits per heavy atom. The van der Waals surface area contributed by atoms with Crippen molar-refractivity contribution in [3.05, 3.63) is 43.0 Å². The molecule has 3 aromatic rings. The van der Waals surface area contributed by atoms with Crippen LogP contribution in [0.15, 0.2) is 43.0 Å². The summed E-state index contributed by atoms with van der Waals surface area (Å²) in [4.78, 5) is 12.5.